The van der Waals surface area contributed by atoms with Crippen molar-refractivity contribution in [1.82, 2.24) is 14.8 Å². The molecule has 1 fully saturated rings. The zero-order chi connectivity index (χ0) is 25.7. The van der Waals surface area contributed by atoms with Crippen molar-refractivity contribution in [1.29, 1.82) is 0 Å². The van der Waals surface area contributed by atoms with Crippen LogP contribution in [0, 0.1) is 0 Å². The Morgan fingerprint density at radius 3 is 2.63 bits per heavy atom. The summed E-state index contributed by atoms with van der Waals surface area (Å²) in [6.45, 7) is 0.686. The maximum Gasteiger partial charge on any atom is 0.272 e. The highest BCUT2D eigenvalue weighted by Gasteiger charge is 2.53. The molecule has 2 aromatic heterocycles. The standard InChI is InChI=1S/C30H29N3O5/c34-28-24-16-26-23(13-14-36-26)32(24)18-30(21-7-3-1-4-8-21,29(35)31-22-9-5-2-6-10-22)33(28)17-20-11-12-25-27(15-20)38-19-37-25/h1,3-4,7-8,11-16,22H,2,5-6,9-10,17-19H2,(H,31,35). The SMILES string of the molecule is O=C1c2cc3occc3n2CC(C(=O)NC2CCCCC2)(c2ccccc2)N1Cc1ccc2c(c1)OCO2. The minimum Gasteiger partial charge on any atom is -0.463 e. The van der Waals surface area contributed by atoms with E-state index in [9.17, 15) is 9.59 Å². The first-order chi connectivity index (χ1) is 18.6. The molecule has 1 unspecified atom stereocenters. The van der Waals surface area contributed by atoms with Crippen LogP contribution in [0.4, 0.5) is 0 Å². The molecule has 0 radical (unpaired) electrons. The Labute approximate surface area is 220 Å². The molecular formula is C30H29N3O5. The van der Waals surface area contributed by atoms with Crippen LogP contribution in [0.25, 0.3) is 11.1 Å². The lowest BCUT2D eigenvalue weighted by molar-refractivity contribution is -0.136. The third kappa shape index (κ3) is 3.58. The second-order valence-electron chi connectivity index (χ2n) is 10.4. The van der Waals surface area contributed by atoms with Crippen LogP contribution in [-0.4, -0.2) is 34.1 Å². The van der Waals surface area contributed by atoms with Crippen LogP contribution in [0.15, 0.2) is 71.3 Å². The highest BCUT2D eigenvalue weighted by atomic mass is 16.7. The number of aromatic nitrogens is 1. The van der Waals surface area contributed by atoms with Gasteiger partial charge >= 0.3 is 0 Å². The third-order valence-electron chi connectivity index (χ3n) is 8.18. The first-order valence-corrected chi connectivity index (χ1v) is 13.3. The van der Waals surface area contributed by atoms with E-state index in [1.54, 1.807) is 17.2 Å². The maximum absolute atomic E-state index is 14.5. The van der Waals surface area contributed by atoms with Gasteiger partial charge in [0, 0.05) is 24.7 Å². The van der Waals surface area contributed by atoms with Gasteiger partial charge in [0.2, 0.25) is 6.79 Å². The first kappa shape index (κ1) is 23.0. The molecule has 1 aliphatic carbocycles. The van der Waals surface area contributed by atoms with E-state index in [1.807, 2.05) is 59.2 Å². The monoisotopic (exact) mass is 511 g/mol. The topological polar surface area (TPSA) is 85.9 Å². The number of furan rings is 1. The summed E-state index contributed by atoms with van der Waals surface area (Å²) in [5.74, 6) is 0.950. The number of carbonyl (C=O) groups excluding carboxylic acids is 2. The molecule has 2 aromatic carbocycles. The number of hydrogen-bond acceptors (Lipinski definition) is 5. The number of benzene rings is 2. The van der Waals surface area contributed by atoms with Gasteiger partial charge in [-0.3, -0.25) is 9.59 Å². The lowest BCUT2D eigenvalue weighted by Gasteiger charge is -2.47. The number of nitrogens with zero attached hydrogens (tertiary/aromatic N) is 2. The lowest BCUT2D eigenvalue weighted by Crippen LogP contribution is -2.64. The van der Waals surface area contributed by atoms with Crippen molar-refractivity contribution in [2.75, 3.05) is 6.79 Å². The van der Waals surface area contributed by atoms with Gasteiger partial charge in [0.15, 0.2) is 22.6 Å². The molecule has 2 amide bonds. The van der Waals surface area contributed by atoms with Gasteiger partial charge in [-0.2, -0.15) is 0 Å². The van der Waals surface area contributed by atoms with Gasteiger partial charge in [-0.05, 0) is 36.1 Å². The van der Waals surface area contributed by atoms with Crippen molar-refractivity contribution in [3.8, 4) is 11.5 Å². The smallest absolute Gasteiger partial charge is 0.272 e. The number of nitrogens with one attached hydrogen (secondary N) is 1. The quantitative estimate of drug-likeness (QED) is 0.409. The molecule has 7 rings (SSSR count). The van der Waals surface area contributed by atoms with Gasteiger partial charge in [-0.1, -0.05) is 55.7 Å². The molecule has 4 heterocycles. The van der Waals surface area contributed by atoms with Crippen molar-refractivity contribution in [3.05, 3.63) is 83.7 Å². The molecule has 0 spiro atoms. The summed E-state index contributed by atoms with van der Waals surface area (Å²) in [7, 11) is 0. The van der Waals surface area contributed by atoms with Gasteiger partial charge in [-0.25, -0.2) is 0 Å². The van der Waals surface area contributed by atoms with E-state index in [-0.39, 0.29) is 37.7 Å². The maximum atomic E-state index is 14.5. The zero-order valence-electron chi connectivity index (χ0n) is 21.0. The summed E-state index contributed by atoms with van der Waals surface area (Å²) < 4.78 is 18.7. The van der Waals surface area contributed by atoms with Crippen molar-refractivity contribution in [2.24, 2.45) is 0 Å². The highest BCUT2D eigenvalue weighted by Crippen LogP contribution is 2.42. The van der Waals surface area contributed by atoms with Crippen LogP contribution in [-0.2, 0) is 23.4 Å². The summed E-state index contributed by atoms with van der Waals surface area (Å²) in [5.41, 5.74) is 2.32. The second-order valence-corrected chi connectivity index (χ2v) is 10.4. The van der Waals surface area contributed by atoms with Crippen LogP contribution < -0.4 is 14.8 Å². The highest BCUT2D eigenvalue weighted by molar-refractivity contribution is 6.03. The normalized spacial score (nSPS) is 21.1. The molecule has 38 heavy (non-hydrogen) atoms. The van der Waals surface area contributed by atoms with E-state index in [1.165, 1.54) is 6.42 Å². The van der Waals surface area contributed by atoms with Gasteiger partial charge < -0.3 is 28.7 Å². The number of amides is 2. The Morgan fingerprint density at radius 1 is 0.974 bits per heavy atom. The van der Waals surface area contributed by atoms with E-state index in [0.717, 1.165) is 42.3 Å². The average Bonchev–Trinajstić information content (AvgIpc) is 3.68. The molecule has 1 atom stereocenters. The van der Waals surface area contributed by atoms with E-state index < -0.39 is 5.54 Å². The van der Waals surface area contributed by atoms with Crippen molar-refractivity contribution >= 4 is 22.9 Å². The summed E-state index contributed by atoms with van der Waals surface area (Å²) in [6.07, 6.45) is 6.91. The Morgan fingerprint density at radius 2 is 1.79 bits per heavy atom. The van der Waals surface area contributed by atoms with Gasteiger partial charge in [0.25, 0.3) is 11.8 Å². The average molecular weight is 512 g/mol. The molecule has 8 nitrogen and oxygen atoms in total. The molecule has 4 aromatic rings. The van der Waals surface area contributed by atoms with Gasteiger partial charge in [0.1, 0.15) is 5.69 Å². The van der Waals surface area contributed by atoms with Crippen molar-refractivity contribution < 1.29 is 23.5 Å². The Kier molecular flexibility index (Phi) is 5.42. The van der Waals surface area contributed by atoms with Crippen molar-refractivity contribution in [3.63, 3.8) is 0 Å². The van der Waals surface area contributed by atoms with E-state index in [4.69, 9.17) is 13.9 Å². The van der Waals surface area contributed by atoms with Crippen LogP contribution in [0.3, 0.4) is 0 Å². The molecule has 2 aliphatic heterocycles. The summed E-state index contributed by atoms with van der Waals surface area (Å²) in [6, 6.07) is 19.1. The molecular weight excluding hydrogens is 482 g/mol. The molecule has 3 aliphatic rings. The van der Waals surface area contributed by atoms with E-state index in [2.05, 4.69) is 5.32 Å². The number of rotatable bonds is 5. The fourth-order valence-corrected chi connectivity index (χ4v) is 6.22. The molecule has 194 valence electrons. The fourth-order valence-electron chi connectivity index (χ4n) is 6.22. The van der Waals surface area contributed by atoms with Gasteiger partial charge in [-0.15, -0.1) is 0 Å². The Hall–Kier alpha value is -4.20. The molecule has 8 heteroatoms. The Balaban J connectivity index is 1.38. The fraction of sp³-hybridized carbons (Fsp3) is 0.333. The third-order valence-corrected chi connectivity index (χ3v) is 8.18. The van der Waals surface area contributed by atoms with Crippen LogP contribution in [0.2, 0.25) is 0 Å². The molecule has 0 saturated heterocycles. The van der Waals surface area contributed by atoms with Gasteiger partial charge in [0.05, 0.1) is 18.3 Å². The van der Waals surface area contributed by atoms with Crippen LogP contribution in [0.5, 0.6) is 11.5 Å². The summed E-state index contributed by atoms with van der Waals surface area (Å²) in [4.78, 5) is 30.6. The van der Waals surface area contributed by atoms with E-state index in [0.29, 0.717) is 22.8 Å². The first-order valence-electron chi connectivity index (χ1n) is 13.3. The predicted molar refractivity (Wildman–Crippen MR) is 140 cm³/mol. The number of ether oxygens (including phenoxy) is 2. The van der Waals surface area contributed by atoms with E-state index >= 15 is 0 Å². The van der Waals surface area contributed by atoms with Crippen molar-refractivity contribution in [2.45, 2.75) is 56.8 Å². The second kappa shape index (κ2) is 8.97. The number of carbonyl (C=O) groups is 2. The summed E-state index contributed by atoms with van der Waals surface area (Å²) >= 11 is 0. The molecule has 0 bridgehead atoms. The predicted octanol–water partition coefficient (Wildman–Crippen LogP) is 4.96. The largest absolute Gasteiger partial charge is 0.463 e. The Bertz CT molecular complexity index is 1520. The summed E-state index contributed by atoms with van der Waals surface area (Å²) in [5, 5.41) is 3.36. The van der Waals surface area contributed by atoms with Crippen LogP contribution >= 0.6 is 0 Å². The van der Waals surface area contributed by atoms with Crippen LogP contribution in [0.1, 0.15) is 53.7 Å². The number of fused-ring (bicyclic) bond motifs is 4. The minimum absolute atomic E-state index is 0.0966. The number of hydrogen-bond donors (Lipinski definition) is 1. The molecule has 1 N–H and O–H groups in total. The zero-order valence-corrected chi connectivity index (χ0v) is 21.0. The minimum atomic E-state index is -1.26. The molecule has 1 saturated carbocycles. The lowest BCUT2D eigenvalue weighted by atomic mass is 9.83.